The third-order valence-electron chi connectivity index (χ3n) is 4.74. The van der Waals surface area contributed by atoms with Crippen LogP contribution in [0.3, 0.4) is 0 Å². The lowest BCUT2D eigenvalue weighted by Crippen LogP contribution is -2.46. The molecule has 4 rings (SSSR count). The summed E-state index contributed by atoms with van der Waals surface area (Å²) in [6, 6.07) is 16.8. The Morgan fingerprint density at radius 2 is 1.52 bits per heavy atom. The molecule has 1 aromatic heterocycles. The Morgan fingerprint density at radius 3 is 2.22 bits per heavy atom. The zero-order chi connectivity index (χ0) is 18.6. The van der Waals surface area contributed by atoms with Crippen molar-refractivity contribution in [3.05, 3.63) is 72.2 Å². The molecule has 0 unspecified atom stereocenters. The minimum atomic E-state index is -0.202. The first kappa shape index (κ1) is 17.3. The average Bonchev–Trinajstić information content (AvgIpc) is 2.71. The summed E-state index contributed by atoms with van der Waals surface area (Å²) in [5.74, 6) is 1.31. The van der Waals surface area contributed by atoms with Gasteiger partial charge in [-0.2, -0.15) is 4.98 Å². The number of piperazine rings is 1. The smallest absolute Gasteiger partial charge is 0.229 e. The molecule has 0 saturated carbocycles. The van der Waals surface area contributed by atoms with E-state index in [0.717, 1.165) is 43.4 Å². The van der Waals surface area contributed by atoms with Crippen molar-refractivity contribution in [3.63, 3.8) is 0 Å². The van der Waals surface area contributed by atoms with Gasteiger partial charge in [-0.3, -0.25) is 0 Å². The molecule has 2 aromatic carbocycles. The number of nitrogens with zero attached hydrogens (tertiary/aromatic N) is 4. The van der Waals surface area contributed by atoms with Gasteiger partial charge in [0.1, 0.15) is 11.6 Å². The van der Waals surface area contributed by atoms with Gasteiger partial charge in [0, 0.05) is 43.8 Å². The molecule has 1 aliphatic heterocycles. The molecule has 0 aliphatic carbocycles. The summed E-state index contributed by atoms with van der Waals surface area (Å²) in [7, 11) is 0. The van der Waals surface area contributed by atoms with E-state index in [0.29, 0.717) is 5.95 Å². The van der Waals surface area contributed by atoms with E-state index < -0.39 is 0 Å². The fraction of sp³-hybridized carbons (Fsp3) is 0.238. The number of aromatic nitrogens is 2. The second-order valence-electron chi connectivity index (χ2n) is 6.68. The van der Waals surface area contributed by atoms with Crippen molar-refractivity contribution in [3.8, 4) is 0 Å². The highest BCUT2D eigenvalue weighted by Gasteiger charge is 2.18. The van der Waals surface area contributed by atoms with Crippen molar-refractivity contribution in [2.75, 3.05) is 41.3 Å². The summed E-state index contributed by atoms with van der Waals surface area (Å²) in [6.07, 6.45) is 1.78. The minimum absolute atomic E-state index is 0.202. The van der Waals surface area contributed by atoms with Crippen LogP contribution >= 0.6 is 0 Å². The molecule has 0 atom stereocenters. The third-order valence-corrected chi connectivity index (χ3v) is 4.74. The molecule has 6 heteroatoms. The molecule has 138 valence electrons. The topological polar surface area (TPSA) is 44.3 Å². The molecule has 3 aromatic rings. The summed E-state index contributed by atoms with van der Waals surface area (Å²) in [6.45, 7) is 5.52. The van der Waals surface area contributed by atoms with Crippen molar-refractivity contribution < 1.29 is 4.39 Å². The van der Waals surface area contributed by atoms with E-state index in [1.807, 2.05) is 30.3 Å². The van der Waals surface area contributed by atoms with Crippen molar-refractivity contribution in [1.29, 1.82) is 0 Å². The van der Waals surface area contributed by atoms with Gasteiger partial charge in [-0.15, -0.1) is 0 Å². The molecular formula is C21H22FN5. The van der Waals surface area contributed by atoms with Crippen LogP contribution in [0.15, 0.2) is 60.8 Å². The first-order valence-electron chi connectivity index (χ1n) is 9.09. The summed E-state index contributed by atoms with van der Waals surface area (Å²) in [4.78, 5) is 13.5. The molecule has 27 heavy (non-hydrogen) atoms. The van der Waals surface area contributed by atoms with Crippen molar-refractivity contribution in [2.24, 2.45) is 0 Å². The molecule has 0 bridgehead atoms. The van der Waals surface area contributed by atoms with E-state index in [4.69, 9.17) is 0 Å². The Bertz CT molecular complexity index is 887. The molecule has 0 spiro atoms. The maximum Gasteiger partial charge on any atom is 0.229 e. The SMILES string of the molecule is Cc1ccc(Nc2nccc(N3CCN(c4ccc(F)cc4)CC3)n2)cc1. The van der Waals surface area contributed by atoms with Crippen molar-refractivity contribution in [1.82, 2.24) is 9.97 Å². The predicted octanol–water partition coefficient (Wildman–Crippen LogP) is 3.99. The Hall–Kier alpha value is -3.15. The summed E-state index contributed by atoms with van der Waals surface area (Å²) in [5.41, 5.74) is 3.24. The maximum absolute atomic E-state index is 13.1. The molecule has 0 radical (unpaired) electrons. The van der Waals surface area contributed by atoms with Crippen LogP contribution in [0, 0.1) is 12.7 Å². The van der Waals surface area contributed by atoms with E-state index in [1.165, 1.54) is 17.7 Å². The van der Waals surface area contributed by atoms with Gasteiger partial charge in [0.2, 0.25) is 5.95 Å². The normalized spacial score (nSPS) is 14.3. The van der Waals surface area contributed by atoms with Gasteiger partial charge < -0.3 is 15.1 Å². The quantitative estimate of drug-likeness (QED) is 0.759. The molecule has 5 nitrogen and oxygen atoms in total. The number of benzene rings is 2. The van der Waals surface area contributed by atoms with Crippen molar-refractivity contribution in [2.45, 2.75) is 6.92 Å². The summed E-state index contributed by atoms with van der Waals surface area (Å²) in [5, 5.41) is 3.26. The van der Waals surface area contributed by atoms with Crippen molar-refractivity contribution >= 4 is 23.1 Å². The van der Waals surface area contributed by atoms with Crippen LogP contribution in [-0.2, 0) is 0 Å². The number of anilines is 4. The molecule has 1 aliphatic rings. The Kier molecular flexibility index (Phi) is 4.87. The molecule has 1 fully saturated rings. The van der Waals surface area contributed by atoms with Crippen LogP contribution in [0.2, 0.25) is 0 Å². The van der Waals surface area contributed by atoms with Gasteiger partial charge in [-0.25, -0.2) is 9.37 Å². The van der Waals surface area contributed by atoms with E-state index >= 15 is 0 Å². The Morgan fingerprint density at radius 1 is 0.852 bits per heavy atom. The van der Waals surface area contributed by atoms with E-state index in [2.05, 4.69) is 44.1 Å². The molecule has 1 saturated heterocycles. The Labute approximate surface area is 158 Å². The highest BCUT2D eigenvalue weighted by atomic mass is 19.1. The molecule has 1 N–H and O–H groups in total. The highest BCUT2D eigenvalue weighted by molar-refractivity contribution is 5.56. The molecular weight excluding hydrogens is 341 g/mol. The average molecular weight is 363 g/mol. The van der Waals surface area contributed by atoms with Crippen LogP contribution < -0.4 is 15.1 Å². The monoisotopic (exact) mass is 363 g/mol. The number of hydrogen-bond donors (Lipinski definition) is 1. The fourth-order valence-electron chi connectivity index (χ4n) is 3.20. The van der Waals surface area contributed by atoms with Gasteiger partial charge >= 0.3 is 0 Å². The van der Waals surface area contributed by atoms with Gasteiger partial charge in [0.25, 0.3) is 0 Å². The van der Waals surface area contributed by atoms with E-state index in [-0.39, 0.29) is 5.82 Å². The van der Waals surface area contributed by atoms with Gasteiger partial charge in [0.15, 0.2) is 0 Å². The minimum Gasteiger partial charge on any atom is -0.368 e. The second kappa shape index (κ2) is 7.61. The number of halogens is 1. The largest absolute Gasteiger partial charge is 0.368 e. The van der Waals surface area contributed by atoms with Gasteiger partial charge in [-0.1, -0.05) is 17.7 Å². The lowest BCUT2D eigenvalue weighted by atomic mass is 10.2. The summed E-state index contributed by atoms with van der Waals surface area (Å²) >= 11 is 0. The molecule has 2 heterocycles. The first-order chi connectivity index (χ1) is 13.2. The summed E-state index contributed by atoms with van der Waals surface area (Å²) < 4.78 is 13.1. The van der Waals surface area contributed by atoms with Crippen LogP contribution in [0.4, 0.5) is 27.5 Å². The van der Waals surface area contributed by atoms with Crippen LogP contribution in [-0.4, -0.2) is 36.1 Å². The zero-order valence-corrected chi connectivity index (χ0v) is 15.3. The fourth-order valence-corrected chi connectivity index (χ4v) is 3.20. The zero-order valence-electron chi connectivity index (χ0n) is 15.3. The van der Waals surface area contributed by atoms with Gasteiger partial charge in [-0.05, 0) is 49.4 Å². The Balaban J connectivity index is 1.41. The van der Waals surface area contributed by atoms with E-state index in [9.17, 15) is 4.39 Å². The maximum atomic E-state index is 13.1. The number of nitrogens with one attached hydrogen (secondary N) is 1. The predicted molar refractivity (Wildman–Crippen MR) is 107 cm³/mol. The third kappa shape index (κ3) is 4.16. The van der Waals surface area contributed by atoms with E-state index in [1.54, 1.807) is 6.20 Å². The molecule has 0 amide bonds. The van der Waals surface area contributed by atoms with Crippen LogP contribution in [0.25, 0.3) is 0 Å². The van der Waals surface area contributed by atoms with Gasteiger partial charge in [0.05, 0.1) is 0 Å². The number of rotatable bonds is 4. The lowest BCUT2D eigenvalue weighted by Gasteiger charge is -2.36. The van der Waals surface area contributed by atoms with Crippen LogP contribution in [0.5, 0.6) is 0 Å². The standard InChI is InChI=1S/C21H22FN5/c1-16-2-6-18(7-3-16)24-21-23-11-10-20(25-21)27-14-12-26(13-15-27)19-8-4-17(22)5-9-19/h2-11H,12-15H2,1H3,(H,23,24,25). The number of hydrogen-bond acceptors (Lipinski definition) is 5. The van der Waals surface area contributed by atoms with Crippen LogP contribution in [0.1, 0.15) is 5.56 Å². The lowest BCUT2D eigenvalue weighted by molar-refractivity contribution is 0.624. The second-order valence-corrected chi connectivity index (χ2v) is 6.68. The first-order valence-corrected chi connectivity index (χ1v) is 9.09. The highest BCUT2D eigenvalue weighted by Crippen LogP contribution is 2.21. The number of aryl methyl sites for hydroxylation is 1.